The van der Waals surface area contributed by atoms with Gasteiger partial charge in [0.15, 0.2) is 11.5 Å². The normalized spacial score (nSPS) is 15.9. The van der Waals surface area contributed by atoms with Crippen molar-refractivity contribution in [1.82, 2.24) is 14.3 Å². The molecular formula is C23H31N3O7S2. The average Bonchev–Trinajstić information content (AvgIpc) is 2.87. The van der Waals surface area contributed by atoms with E-state index in [9.17, 15) is 21.6 Å². The Labute approximate surface area is 206 Å². The molecule has 2 N–H and O–H groups in total. The second-order valence-corrected chi connectivity index (χ2v) is 11.8. The number of carbonyl (C=O) groups excluding carboxylic acids is 1. The van der Waals surface area contributed by atoms with E-state index in [2.05, 4.69) is 10.0 Å². The van der Waals surface area contributed by atoms with Crippen molar-refractivity contribution in [1.29, 1.82) is 0 Å². The van der Waals surface area contributed by atoms with Crippen molar-refractivity contribution in [2.75, 3.05) is 27.3 Å². The van der Waals surface area contributed by atoms with Crippen LogP contribution in [0.5, 0.6) is 11.5 Å². The van der Waals surface area contributed by atoms with Crippen LogP contribution in [0.3, 0.4) is 0 Å². The Balaban J connectivity index is 1.59. The Hall–Kier alpha value is -2.67. The van der Waals surface area contributed by atoms with E-state index in [1.165, 1.54) is 55.8 Å². The minimum atomic E-state index is -4.00. The highest BCUT2D eigenvalue weighted by atomic mass is 32.2. The summed E-state index contributed by atoms with van der Waals surface area (Å²) in [5.41, 5.74) is 0.686. The zero-order chi connectivity index (χ0) is 25.6. The zero-order valence-electron chi connectivity index (χ0n) is 20.0. The molecule has 0 unspecified atom stereocenters. The highest BCUT2D eigenvalue weighted by Gasteiger charge is 2.26. The number of ether oxygens (including phenoxy) is 2. The summed E-state index contributed by atoms with van der Waals surface area (Å²) in [7, 11) is -4.68. The van der Waals surface area contributed by atoms with Crippen molar-refractivity contribution < 1.29 is 31.1 Å². The predicted octanol–water partition coefficient (Wildman–Crippen LogP) is 1.86. The lowest BCUT2D eigenvalue weighted by Gasteiger charge is -2.25. The summed E-state index contributed by atoms with van der Waals surface area (Å²) in [6, 6.07) is 9.40. The van der Waals surface area contributed by atoms with Crippen LogP contribution in [0.25, 0.3) is 0 Å². The molecular weight excluding hydrogens is 494 g/mol. The number of nitrogens with one attached hydrogen (secondary N) is 2. The number of hydrogen-bond donors (Lipinski definition) is 2. The molecule has 10 nitrogen and oxygen atoms in total. The van der Waals surface area contributed by atoms with Gasteiger partial charge in [-0.15, -0.1) is 0 Å². The van der Waals surface area contributed by atoms with Crippen LogP contribution in [0.1, 0.15) is 31.7 Å². The van der Waals surface area contributed by atoms with E-state index in [4.69, 9.17) is 9.47 Å². The van der Waals surface area contributed by atoms with Crippen molar-refractivity contribution >= 4 is 26.0 Å². The molecule has 35 heavy (non-hydrogen) atoms. The van der Waals surface area contributed by atoms with Crippen LogP contribution in [0.4, 0.5) is 0 Å². The van der Waals surface area contributed by atoms with E-state index in [-0.39, 0.29) is 22.1 Å². The van der Waals surface area contributed by atoms with Crippen molar-refractivity contribution in [2.45, 2.75) is 48.6 Å². The highest BCUT2D eigenvalue weighted by Crippen LogP contribution is 2.29. The second-order valence-electron chi connectivity index (χ2n) is 8.19. The summed E-state index contributed by atoms with van der Waals surface area (Å²) < 4.78 is 65.0. The first-order chi connectivity index (χ1) is 16.6. The summed E-state index contributed by atoms with van der Waals surface area (Å²) in [6.07, 6.45) is 2.75. The molecule has 3 rings (SSSR count). The van der Waals surface area contributed by atoms with Crippen molar-refractivity contribution in [2.24, 2.45) is 0 Å². The van der Waals surface area contributed by atoms with E-state index < -0.39 is 32.0 Å². The molecule has 1 amide bonds. The van der Waals surface area contributed by atoms with Crippen molar-refractivity contribution in [3.05, 3.63) is 48.0 Å². The Kier molecular flexibility index (Phi) is 8.75. The standard InChI is InChI=1S/C23H31N3O7S2/c1-17(25-34(28,29)20-11-12-21(32-2)22(15-20)33-3)23(27)24-16-18-7-9-19(10-8-18)35(30,31)26-13-5-4-6-14-26/h7-12,15,17,25H,4-6,13-14,16H2,1-3H3,(H,24,27)/t17-/m1/s1. The van der Waals surface area contributed by atoms with E-state index in [0.717, 1.165) is 19.3 Å². The van der Waals surface area contributed by atoms with Gasteiger partial charge in [-0.2, -0.15) is 9.03 Å². The third-order valence-corrected chi connectivity index (χ3v) is 9.18. The van der Waals surface area contributed by atoms with Gasteiger partial charge in [-0.05, 0) is 49.6 Å². The van der Waals surface area contributed by atoms with Gasteiger partial charge in [-0.1, -0.05) is 18.6 Å². The predicted molar refractivity (Wildman–Crippen MR) is 130 cm³/mol. The number of benzene rings is 2. The van der Waals surface area contributed by atoms with E-state index in [1.807, 2.05) is 0 Å². The topological polar surface area (TPSA) is 131 Å². The molecule has 0 radical (unpaired) electrons. The van der Waals surface area contributed by atoms with Crippen molar-refractivity contribution in [3.8, 4) is 11.5 Å². The molecule has 0 saturated carbocycles. The summed E-state index contributed by atoms with van der Waals surface area (Å²) >= 11 is 0. The molecule has 2 aromatic carbocycles. The number of methoxy groups -OCH3 is 2. The molecule has 1 atom stereocenters. The number of piperidine rings is 1. The lowest BCUT2D eigenvalue weighted by molar-refractivity contribution is -0.122. The minimum Gasteiger partial charge on any atom is -0.493 e. The maximum absolute atomic E-state index is 12.8. The number of amides is 1. The molecule has 1 aliphatic heterocycles. The van der Waals surface area contributed by atoms with Gasteiger partial charge in [-0.3, -0.25) is 4.79 Å². The lowest BCUT2D eigenvalue weighted by atomic mass is 10.2. The molecule has 0 aromatic heterocycles. The Morgan fingerprint density at radius 1 is 0.914 bits per heavy atom. The molecule has 0 aliphatic carbocycles. The Morgan fingerprint density at radius 2 is 1.51 bits per heavy atom. The summed E-state index contributed by atoms with van der Waals surface area (Å²) in [5, 5.41) is 2.66. The third kappa shape index (κ3) is 6.51. The van der Waals surface area contributed by atoms with Crippen LogP contribution in [0.15, 0.2) is 52.3 Å². The van der Waals surface area contributed by atoms with Gasteiger partial charge in [0.2, 0.25) is 26.0 Å². The van der Waals surface area contributed by atoms with Crippen molar-refractivity contribution in [3.63, 3.8) is 0 Å². The Morgan fingerprint density at radius 3 is 2.11 bits per heavy atom. The average molecular weight is 526 g/mol. The van der Waals surface area contributed by atoms with Crippen LogP contribution in [-0.4, -0.2) is 60.4 Å². The largest absolute Gasteiger partial charge is 0.493 e. The molecule has 0 spiro atoms. The SMILES string of the molecule is COc1ccc(S(=O)(=O)N[C@H](C)C(=O)NCc2ccc(S(=O)(=O)N3CCCCC3)cc2)cc1OC. The fourth-order valence-electron chi connectivity index (χ4n) is 3.71. The maximum Gasteiger partial charge on any atom is 0.243 e. The van der Waals surface area contributed by atoms with Crippen LogP contribution in [0.2, 0.25) is 0 Å². The first-order valence-electron chi connectivity index (χ1n) is 11.2. The first kappa shape index (κ1) is 26.9. The second kappa shape index (κ2) is 11.4. The van der Waals surface area contributed by atoms with E-state index in [1.54, 1.807) is 12.1 Å². The number of rotatable bonds is 10. The van der Waals surface area contributed by atoms with Gasteiger partial charge in [0, 0.05) is 25.7 Å². The maximum atomic E-state index is 12.8. The minimum absolute atomic E-state index is 0.0692. The molecule has 1 fully saturated rings. The first-order valence-corrected chi connectivity index (χ1v) is 14.1. The van der Waals surface area contributed by atoms with Gasteiger partial charge in [0.05, 0.1) is 30.1 Å². The quantitative estimate of drug-likeness (QED) is 0.484. The summed E-state index contributed by atoms with van der Waals surface area (Å²) in [5.74, 6) is 0.101. The van der Waals surface area contributed by atoms with E-state index in [0.29, 0.717) is 24.4 Å². The fourth-order valence-corrected chi connectivity index (χ4v) is 6.45. The molecule has 1 heterocycles. The smallest absolute Gasteiger partial charge is 0.243 e. The number of hydrogen-bond acceptors (Lipinski definition) is 7. The van der Waals surface area contributed by atoms with Gasteiger partial charge in [0.25, 0.3) is 0 Å². The summed E-state index contributed by atoms with van der Waals surface area (Å²) in [6.45, 7) is 2.60. The monoisotopic (exact) mass is 525 g/mol. The molecule has 1 saturated heterocycles. The van der Waals surface area contributed by atoms with Crippen LogP contribution >= 0.6 is 0 Å². The molecule has 0 bridgehead atoms. The Bertz CT molecular complexity index is 1240. The lowest BCUT2D eigenvalue weighted by Crippen LogP contribution is -2.44. The number of nitrogens with zero attached hydrogens (tertiary/aromatic N) is 1. The summed E-state index contributed by atoms with van der Waals surface area (Å²) in [4.78, 5) is 12.6. The molecule has 2 aromatic rings. The van der Waals surface area contributed by atoms with Crippen LogP contribution in [-0.2, 0) is 31.4 Å². The van der Waals surface area contributed by atoms with Gasteiger partial charge >= 0.3 is 0 Å². The highest BCUT2D eigenvalue weighted by molar-refractivity contribution is 7.89. The third-order valence-electron chi connectivity index (χ3n) is 5.73. The molecule has 12 heteroatoms. The fraction of sp³-hybridized carbons (Fsp3) is 0.435. The van der Waals surface area contributed by atoms with Gasteiger partial charge in [-0.25, -0.2) is 16.8 Å². The molecule has 1 aliphatic rings. The zero-order valence-corrected chi connectivity index (χ0v) is 21.6. The van der Waals surface area contributed by atoms with Crippen LogP contribution < -0.4 is 19.5 Å². The van der Waals surface area contributed by atoms with Gasteiger partial charge in [0.1, 0.15) is 0 Å². The van der Waals surface area contributed by atoms with Crippen LogP contribution in [0, 0.1) is 0 Å². The van der Waals surface area contributed by atoms with E-state index >= 15 is 0 Å². The van der Waals surface area contributed by atoms with Gasteiger partial charge < -0.3 is 14.8 Å². The molecule has 192 valence electrons. The number of carbonyl (C=O) groups is 1. The number of sulfonamides is 2.